The van der Waals surface area contributed by atoms with E-state index in [0.717, 1.165) is 44.2 Å². The first-order valence-electron chi connectivity index (χ1n) is 7.95. The van der Waals surface area contributed by atoms with Crippen molar-refractivity contribution >= 4 is 11.7 Å². The van der Waals surface area contributed by atoms with Crippen LogP contribution in [-0.2, 0) is 19.1 Å². The van der Waals surface area contributed by atoms with Crippen molar-refractivity contribution in [1.82, 2.24) is 5.32 Å². The number of hydrogen-bond acceptors (Lipinski definition) is 4. The minimum absolute atomic E-state index is 0.0857. The fourth-order valence-corrected chi connectivity index (χ4v) is 2.83. The van der Waals surface area contributed by atoms with Crippen molar-refractivity contribution in [1.29, 1.82) is 0 Å². The average molecular weight is 295 g/mol. The Morgan fingerprint density at radius 2 is 2.05 bits per heavy atom. The predicted molar refractivity (Wildman–Crippen MR) is 78.5 cm³/mol. The largest absolute Gasteiger partial charge is 0.347 e. The molecule has 1 N–H and O–H groups in total. The topological polar surface area (TPSA) is 64.6 Å². The van der Waals surface area contributed by atoms with Crippen molar-refractivity contribution < 1.29 is 19.1 Å². The molecule has 1 saturated heterocycles. The summed E-state index contributed by atoms with van der Waals surface area (Å²) in [5.74, 6) is -0.810. The Hall–Kier alpha value is -1.20. The smallest absolute Gasteiger partial charge is 0.229 e. The Labute approximate surface area is 126 Å². The van der Waals surface area contributed by atoms with Crippen molar-refractivity contribution in [3.63, 3.8) is 0 Å². The van der Waals surface area contributed by atoms with Crippen LogP contribution in [0.15, 0.2) is 11.8 Å². The van der Waals surface area contributed by atoms with Crippen molar-refractivity contribution in [2.75, 3.05) is 13.2 Å². The maximum Gasteiger partial charge on any atom is 0.229 e. The fourth-order valence-electron chi connectivity index (χ4n) is 2.83. The zero-order chi connectivity index (χ0) is 15.1. The second kappa shape index (κ2) is 7.71. The molecule has 1 aliphatic carbocycles. The van der Waals surface area contributed by atoms with Gasteiger partial charge in [-0.15, -0.1) is 0 Å². The number of unbranched alkanes of at least 4 members (excludes halogenated alkanes) is 2. The third-order valence-corrected chi connectivity index (χ3v) is 3.91. The van der Waals surface area contributed by atoms with Crippen LogP contribution >= 0.6 is 0 Å². The van der Waals surface area contributed by atoms with Crippen molar-refractivity contribution in [2.24, 2.45) is 0 Å². The van der Waals surface area contributed by atoms with E-state index in [0.29, 0.717) is 19.6 Å². The second-order valence-corrected chi connectivity index (χ2v) is 5.78. The standard InChI is InChI=1S/C16H25NO4/c1-2-3-4-8-16(20-9-10-21-16)12-15(19)17-13-6-5-7-14(18)11-13/h11H,2-10,12H2,1H3,(H,17,19). The van der Waals surface area contributed by atoms with Crippen LogP contribution in [-0.4, -0.2) is 30.7 Å². The van der Waals surface area contributed by atoms with Gasteiger partial charge in [0.2, 0.25) is 5.91 Å². The highest BCUT2D eigenvalue weighted by atomic mass is 16.7. The van der Waals surface area contributed by atoms with Crippen molar-refractivity contribution in [2.45, 2.75) is 64.1 Å². The molecule has 118 valence electrons. The molecule has 1 heterocycles. The summed E-state index contributed by atoms with van der Waals surface area (Å²) in [7, 11) is 0. The maximum absolute atomic E-state index is 12.2. The van der Waals surface area contributed by atoms with Gasteiger partial charge >= 0.3 is 0 Å². The molecule has 5 nitrogen and oxygen atoms in total. The number of amides is 1. The number of nitrogens with one attached hydrogen (secondary N) is 1. The summed E-state index contributed by atoms with van der Waals surface area (Å²) in [6.45, 7) is 3.23. The van der Waals surface area contributed by atoms with Gasteiger partial charge in [-0.05, 0) is 19.3 Å². The Morgan fingerprint density at radius 1 is 1.29 bits per heavy atom. The molecule has 0 saturated carbocycles. The van der Waals surface area contributed by atoms with Gasteiger partial charge in [0.1, 0.15) is 0 Å². The lowest BCUT2D eigenvalue weighted by Crippen LogP contribution is -2.38. The SMILES string of the molecule is CCCCCC1(CC(=O)NC2=CC(=O)CCC2)OCCO1. The zero-order valence-electron chi connectivity index (χ0n) is 12.8. The van der Waals surface area contributed by atoms with Crippen LogP contribution in [0, 0.1) is 0 Å². The second-order valence-electron chi connectivity index (χ2n) is 5.78. The number of hydrogen-bond donors (Lipinski definition) is 1. The average Bonchev–Trinajstić information content (AvgIpc) is 2.87. The van der Waals surface area contributed by atoms with Gasteiger partial charge in [-0.2, -0.15) is 0 Å². The number of allylic oxidation sites excluding steroid dienone is 2. The van der Waals surface area contributed by atoms with E-state index in [4.69, 9.17) is 9.47 Å². The summed E-state index contributed by atoms with van der Waals surface area (Å²) >= 11 is 0. The highest BCUT2D eigenvalue weighted by Gasteiger charge is 2.38. The Bertz CT molecular complexity index is 411. The molecule has 0 bridgehead atoms. The van der Waals surface area contributed by atoms with Crippen LogP contribution in [0.2, 0.25) is 0 Å². The Kier molecular flexibility index (Phi) is 5.94. The van der Waals surface area contributed by atoms with Crippen LogP contribution in [0.3, 0.4) is 0 Å². The minimum Gasteiger partial charge on any atom is -0.347 e. The molecule has 0 aromatic heterocycles. The van der Waals surface area contributed by atoms with Gasteiger partial charge in [-0.3, -0.25) is 9.59 Å². The van der Waals surface area contributed by atoms with Gasteiger partial charge in [-0.25, -0.2) is 0 Å². The highest BCUT2D eigenvalue weighted by molar-refractivity contribution is 5.92. The van der Waals surface area contributed by atoms with Crippen molar-refractivity contribution in [3.8, 4) is 0 Å². The quantitative estimate of drug-likeness (QED) is 0.733. The summed E-state index contributed by atoms with van der Waals surface area (Å²) in [6, 6.07) is 0. The lowest BCUT2D eigenvalue weighted by atomic mass is 10.0. The molecule has 0 aromatic carbocycles. The van der Waals surface area contributed by atoms with E-state index in [-0.39, 0.29) is 18.1 Å². The lowest BCUT2D eigenvalue weighted by Gasteiger charge is -2.27. The summed E-state index contributed by atoms with van der Waals surface area (Å²) in [5.41, 5.74) is 0.720. The van der Waals surface area contributed by atoms with Gasteiger partial charge in [0.05, 0.1) is 19.6 Å². The molecule has 2 rings (SSSR count). The molecule has 0 radical (unpaired) electrons. The van der Waals surface area contributed by atoms with E-state index < -0.39 is 5.79 Å². The van der Waals surface area contributed by atoms with E-state index in [1.165, 1.54) is 0 Å². The summed E-state index contributed by atoms with van der Waals surface area (Å²) < 4.78 is 11.4. The van der Waals surface area contributed by atoms with Crippen LogP contribution < -0.4 is 5.32 Å². The highest BCUT2D eigenvalue weighted by Crippen LogP contribution is 2.29. The maximum atomic E-state index is 12.2. The molecule has 0 unspecified atom stereocenters. The third kappa shape index (κ3) is 4.93. The summed E-state index contributed by atoms with van der Waals surface area (Å²) in [5, 5.41) is 2.83. The summed E-state index contributed by atoms with van der Waals surface area (Å²) in [6.07, 6.45) is 7.84. The van der Waals surface area contributed by atoms with E-state index in [9.17, 15) is 9.59 Å². The molecular weight excluding hydrogens is 270 g/mol. The number of carbonyl (C=O) groups is 2. The molecule has 0 spiro atoms. The fraction of sp³-hybridized carbons (Fsp3) is 0.750. The normalized spacial score (nSPS) is 21.2. The Morgan fingerprint density at radius 3 is 2.71 bits per heavy atom. The number of rotatable bonds is 7. The monoisotopic (exact) mass is 295 g/mol. The van der Waals surface area contributed by atoms with E-state index in [1.807, 2.05) is 0 Å². The molecule has 1 aliphatic heterocycles. The third-order valence-electron chi connectivity index (χ3n) is 3.91. The van der Waals surface area contributed by atoms with Gasteiger partial charge in [0.25, 0.3) is 0 Å². The molecule has 0 atom stereocenters. The Balaban J connectivity index is 1.87. The van der Waals surface area contributed by atoms with Gasteiger partial charge in [-0.1, -0.05) is 19.8 Å². The molecule has 5 heteroatoms. The lowest BCUT2D eigenvalue weighted by molar-refractivity contribution is -0.174. The van der Waals surface area contributed by atoms with E-state index in [1.54, 1.807) is 6.08 Å². The van der Waals surface area contributed by atoms with Crippen molar-refractivity contribution in [3.05, 3.63) is 11.8 Å². The molecule has 2 aliphatic rings. The molecule has 1 fully saturated rings. The van der Waals surface area contributed by atoms with Crippen LogP contribution in [0.1, 0.15) is 58.3 Å². The van der Waals surface area contributed by atoms with E-state index >= 15 is 0 Å². The molecule has 21 heavy (non-hydrogen) atoms. The van der Waals surface area contributed by atoms with Crippen LogP contribution in [0.25, 0.3) is 0 Å². The first-order chi connectivity index (χ1) is 10.1. The van der Waals surface area contributed by atoms with Crippen LogP contribution in [0.5, 0.6) is 0 Å². The predicted octanol–water partition coefficient (Wildman–Crippen LogP) is 2.45. The molecular formula is C16H25NO4. The van der Waals surface area contributed by atoms with Gasteiger partial charge < -0.3 is 14.8 Å². The molecule has 1 amide bonds. The summed E-state index contributed by atoms with van der Waals surface area (Å²) in [4.78, 5) is 23.5. The minimum atomic E-state index is -0.765. The zero-order valence-corrected chi connectivity index (χ0v) is 12.8. The molecule has 0 aromatic rings. The van der Waals surface area contributed by atoms with E-state index in [2.05, 4.69) is 12.2 Å². The van der Waals surface area contributed by atoms with Gasteiger partial charge in [0, 0.05) is 24.6 Å². The first kappa shape index (κ1) is 16.2. The number of ether oxygens (including phenoxy) is 2. The number of ketones is 1. The van der Waals surface area contributed by atoms with Gasteiger partial charge in [0.15, 0.2) is 11.6 Å². The first-order valence-corrected chi connectivity index (χ1v) is 7.95. The van der Waals surface area contributed by atoms with Crippen LogP contribution in [0.4, 0.5) is 0 Å². The number of carbonyl (C=O) groups excluding carboxylic acids is 2.